The van der Waals surface area contributed by atoms with Crippen LogP contribution in [-0.4, -0.2) is 83.2 Å². The highest BCUT2D eigenvalue weighted by Crippen LogP contribution is 2.41. The van der Waals surface area contributed by atoms with Gasteiger partial charge in [0.2, 0.25) is 5.91 Å². The van der Waals surface area contributed by atoms with Crippen molar-refractivity contribution in [2.75, 3.05) is 32.2 Å². The summed E-state index contributed by atoms with van der Waals surface area (Å²) in [7, 11) is 2.66. The maximum Gasteiger partial charge on any atom is 0.490 e. The predicted octanol–water partition coefficient (Wildman–Crippen LogP) is 3.94. The van der Waals surface area contributed by atoms with E-state index in [0.717, 1.165) is 11.8 Å². The number of hydrogen-bond acceptors (Lipinski definition) is 8. The molecule has 4 N–H and O–H groups in total. The molecule has 0 atom stereocenters. The number of alkyl halides is 3. The van der Waals surface area contributed by atoms with Crippen molar-refractivity contribution in [3.8, 4) is 17.2 Å². The average molecular weight is 630 g/mol. The Hall–Kier alpha value is -4.89. The zero-order valence-corrected chi connectivity index (χ0v) is 24.6. The fraction of sp³-hybridized carbons (Fsp3) is 0.393. The van der Waals surface area contributed by atoms with Crippen LogP contribution in [0.15, 0.2) is 18.2 Å². The number of nitrogens with one attached hydrogen (secondary N) is 1. The number of methoxy groups -OCH3 is 2. The van der Waals surface area contributed by atoms with Crippen LogP contribution >= 0.6 is 0 Å². The molecular formula is C28H31F4N3O9. The Labute approximate surface area is 248 Å². The number of rotatable bonds is 8. The second kappa shape index (κ2) is 13.2. The second-order valence-corrected chi connectivity index (χ2v) is 10.5. The van der Waals surface area contributed by atoms with E-state index >= 15 is 4.39 Å². The molecule has 0 aromatic heterocycles. The molecule has 0 radical (unpaired) electrons. The molecule has 16 heteroatoms. The first-order chi connectivity index (χ1) is 20.1. The number of fused-ring (bicyclic) bond motifs is 1. The van der Waals surface area contributed by atoms with Crippen molar-refractivity contribution in [1.29, 1.82) is 5.41 Å². The Morgan fingerprint density at radius 3 is 2.05 bits per heavy atom. The van der Waals surface area contributed by atoms with Crippen molar-refractivity contribution < 1.29 is 61.5 Å². The van der Waals surface area contributed by atoms with Crippen LogP contribution < -0.4 is 14.4 Å². The van der Waals surface area contributed by atoms with E-state index in [0.29, 0.717) is 11.1 Å². The lowest BCUT2D eigenvalue weighted by molar-refractivity contribution is -0.192. The van der Waals surface area contributed by atoms with E-state index in [-0.39, 0.29) is 53.0 Å². The third-order valence-electron chi connectivity index (χ3n) is 6.37. The van der Waals surface area contributed by atoms with Gasteiger partial charge in [0, 0.05) is 24.6 Å². The number of phenols is 1. The predicted molar refractivity (Wildman–Crippen MR) is 147 cm³/mol. The summed E-state index contributed by atoms with van der Waals surface area (Å²) in [6, 6.07) is 4.31. The van der Waals surface area contributed by atoms with Crippen LogP contribution in [0.25, 0.3) is 0 Å². The number of carboxylic acid groups (broad SMARTS) is 2. The number of hydrogen-bond donors (Lipinski definition) is 4. The number of amidine groups is 1. The molecule has 0 saturated heterocycles. The summed E-state index contributed by atoms with van der Waals surface area (Å²) in [5.74, 6) is -6.38. The van der Waals surface area contributed by atoms with Gasteiger partial charge in [0.25, 0.3) is 0 Å². The molecule has 2 aromatic carbocycles. The average Bonchev–Trinajstić information content (AvgIpc) is 3.20. The molecule has 1 aliphatic heterocycles. The minimum atomic E-state index is -5.08. The summed E-state index contributed by atoms with van der Waals surface area (Å²) in [6.45, 7) is 5.62. The third-order valence-corrected chi connectivity index (χ3v) is 6.37. The van der Waals surface area contributed by atoms with E-state index in [1.165, 1.54) is 31.3 Å². The van der Waals surface area contributed by atoms with Crippen LogP contribution in [0.3, 0.4) is 0 Å². The molecule has 0 saturated carbocycles. The lowest BCUT2D eigenvalue weighted by Gasteiger charge is -2.27. The van der Waals surface area contributed by atoms with E-state index in [4.69, 9.17) is 24.8 Å². The fourth-order valence-electron chi connectivity index (χ4n) is 4.28. The largest absolute Gasteiger partial charge is 0.505 e. The van der Waals surface area contributed by atoms with Gasteiger partial charge >= 0.3 is 18.1 Å². The molecule has 1 heterocycles. The van der Waals surface area contributed by atoms with E-state index in [2.05, 4.69) is 0 Å². The summed E-state index contributed by atoms with van der Waals surface area (Å²) in [6.07, 6.45) is -5.08. The van der Waals surface area contributed by atoms with Crippen molar-refractivity contribution in [3.05, 3.63) is 46.3 Å². The highest BCUT2D eigenvalue weighted by Gasteiger charge is 2.38. The number of carboxylic acids is 2. The number of aliphatic carboxylic acids is 2. The fourth-order valence-corrected chi connectivity index (χ4v) is 4.28. The van der Waals surface area contributed by atoms with Crippen LogP contribution in [0.1, 0.15) is 54.7 Å². The van der Waals surface area contributed by atoms with Gasteiger partial charge in [-0.2, -0.15) is 13.2 Å². The van der Waals surface area contributed by atoms with Gasteiger partial charge in [-0.15, -0.1) is 0 Å². The summed E-state index contributed by atoms with van der Waals surface area (Å²) in [5, 5.41) is 35.8. The SMILES string of the molecule is COc1cc2c(c(F)c1OC)C(=N)N(CC(=O)c1cc(N(CC(=O)O)C(C)=O)c(O)c(C(C)(C)C)c1)C2.O=C(O)C(F)(F)F. The molecule has 1 amide bonds. The normalized spacial score (nSPS) is 12.6. The molecule has 0 aliphatic carbocycles. The number of amides is 1. The first kappa shape index (κ1) is 35.3. The first-order valence-corrected chi connectivity index (χ1v) is 12.6. The zero-order valence-electron chi connectivity index (χ0n) is 24.6. The number of carbonyl (C=O) groups is 4. The summed E-state index contributed by atoms with van der Waals surface area (Å²) in [4.78, 5) is 48.2. The van der Waals surface area contributed by atoms with Gasteiger partial charge in [-0.3, -0.25) is 24.7 Å². The van der Waals surface area contributed by atoms with Crippen LogP contribution in [0.5, 0.6) is 17.2 Å². The van der Waals surface area contributed by atoms with Gasteiger partial charge in [-0.25, -0.2) is 9.18 Å². The van der Waals surface area contributed by atoms with Crippen LogP contribution in [0.4, 0.5) is 23.2 Å². The molecule has 3 rings (SSSR count). The number of aromatic hydroxyl groups is 1. The van der Waals surface area contributed by atoms with Crippen molar-refractivity contribution in [2.24, 2.45) is 0 Å². The van der Waals surface area contributed by atoms with Crippen molar-refractivity contribution >= 4 is 35.2 Å². The number of carbonyl (C=O) groups excluding carboxylic acids is 2. The molecule has 1 aliphatic rings. The smallest absolute Gasteiger partial charge is 0.490 e. The number of halogens is 4. The van der Waals surface area contributed by atoms with Crippen LogP contribution in [0.2, 0.25) is 0 Å². The van der Waals surface area contributed by atoms with E-state index < -0.39 is 47.6 Å². The Morgan fingerprint density at radius 2 is 1.61 bits per heavy atom. The van der Waals surface area contributed by atoms with Crippen LogP contribution in [-0.2, 0) is 26.3 Å². The lowest BCUT2D eigenvalue weighted by atomic mass is 9.84. The van der Waals surface area contributed by atoms with Gasteiger partial charge < -0.3 is 29.7 Å². The number of Topliss-reactive ketones (excluding diaryl/α,β-unsaturated/α-hetero) is 1. The second-order valence-electron chi connectivity index (χ2n) is 10.5. The maximum absolute atomic E-state index is 15.1. The number of ether oxygens (including phenoxy) is 2. The standard InChI is InChI=1S/C26H30FN3O7.C2HF3O2/c1-13(31)30(12-20(33)34)17-8-14(7-16(23(17)35)26(2,3)4)18(32)11-29-10-15-9-19(36-5)24(37-6)22(27)21(15)25(29)28;3-2(4,5)1(6)7/h7-9,28,35H,10-12H2,1-6H3,(H,33,34);(H,6,7). The molecule has 0 bridgehead atoms. The number of nitrogens with zero attached hydrogens (tertiary/aromatic N) is 2. The third kappa shape index (κ3) is 7.73. The lowest BCUT2D eigenvalue weighted by Crippen LogP contribution is -2.35. The highest BCUT2D eigenvalue weighted by molar-refractivity contribution is 6.07. The molecule has 12 nitrogen and oxygen atoms in total. The Balaban J connectivity index is 0.000000860. The molecular weight excluding hydrogens is 598 g/mol. The number of benzene rings is 2. The molecule has 240 valence electrons. The van der Waals surface area contributed by atoms with Gasteiger partial charge in [0.15, 0.2) is 23.1 Å². The highest BCUT2D eigenvalue weighted by atomic mass is 19.4. The Kier molecular flexibility index (Phi) is 10.6. The molecule has 44 heavy (non-hydrogen) atoms. The summed E-state index contributed by atoms with van der Waals surface area (Å²) < 4.78 is 57.1. The van der Waals surface area contributed by atoms with Crippen molar-refractivity contribution in [3.63, 3.8) is 0 Å². The minimum absolute atomic E-state index is 0.0106. The molecule has 0 unspecified atom stereocenters. The van der Waals surface area contributed by atoms with E-state index in [9.17, 15) is 37.8 Å². The zero-order chi connectivity index (χ0) is 33.9. The number of anilines is 1. The molecule has 0 spiro atoms. The monoisotopic (exact) mass is 629 g/mol. The first-order valence-electron chi connectivity index (χ1n) is 12.6. The van der Waals surface area contributed by atoms with E-state index in [1.807, 2.05) is 0 Å². The van der Waals surface area contributed by atoms with Gasteiger partial charge in [-0.05, 0) is 29.2 Å². The van der Waals surface area contributed by atoms with Crippen molar-refractivity contribution in [1.82, 2.24) is 4.90 Å². The van der Waals surface area contributed by atoms with Gasteiger partial charge in [0.1, 0.15) is 18.1 Å². The number of phenolic OH excluding ortho intramolecular Hbond substituents is 1. The minimum Gasteiger partial charge on any atom is -0.505 e. The Morgan fingerprint density at radius 1 is 1.05 bits per heavy atom. The van der Waals surface area contributed by atoms with Gasteiger partial charge in [-0.1, -0.05) is 20.8 Å². The van der Waals surface area contributed by atoms with Crippen molar-refractivity contribution in [2.45, 2.75) is 45.8 Å². The maximum atomic E-state index is 15.1. The number of ketones is 1. The van der Waals surface area contributed by atoms with Crippen LogP contribution in [0, 0.1) is 11.2 Å². The summed E-state index contributed by atoms with van der Waals surface area (Å²) >= 11 is 0. The van der Waals surface area contributed by atoms with Gasteiger partial charge in [0.05, 0.1) is 32.0 Å². The molecule has 0 fully saturated rings. The quantitative estimate of drug-likeness (QED) is 0.247. The summed E-state index contributed by atoms with van der Waals surface area (Å²) in [5.41, 5.74) is 0.147. The van der Waals surface area contributed by atoms with E-state index in [1.54, 1.807) is 26.8 Å². The Bertz CT molecular complexity index is 1500. The topological polar surface area (TPSA) is 178 Å². The molecule has 2 aromatic rings.